The summed E-state index contributed by atoms with van der Waals surface area (Å²) in [6, 6.07) is 5.00. The molecule has 0 N–H and O–H groups in total. The second-order valence-electron chi connectivity index (χ2n) is 4.49. The first-order valence-corrected chi connectivity index (χ1v) is 7.64. The maximum Gasteiger partial charge on any atom is 0.422 e. The van der Waals surface area contributed by atoms with Crippen LogP contribution in [0.25, 0.3) is 0 Å². The Morgan fingerprint density at radius 1 is 1.15 bits per heavy atom. The van der Waals surface area contributed by atoms with E-state index in [0.29, 0.717) is 5.56 Å². The van der Waals surface area contributed by atoms with E-state index >= 15 is 0 Å². The zero-order valence-electron chi connectivity index (χ0n) is 13.5. The Morgan fingerprint density at radius 3 is 2.35 bits per heavy atom. The molecule has 2 radical (unpaired) electrons. The number of alkyl halides is 3. The van der Waals surface area contributed by atoms with Crippen LogP contribution < -0.4 is 14.9 Å². The lowest BCUT2D eigenvalue weighted by Gasteiger charge is -2.10. The highest BCUT2D eigenvalue weighted by atomic mass is 35.5. The van der Waals surface area contributed by atoms with Crippen molar-refractivity contribution in [2.75, 3.05) is 6.61 Å². The normalized spacial score (nSPS) is 10.3. The van der Waals surface area contributed by atoms with Crippen molar-refractivity contribution in [3.63, 3.8) is 0 Å². The monoisotopic (exact) mass is 391 g/mol. The van der Waals surface area contributed by atoms with E-state index in [-0.39, 0.29) is 36.1 Å². The van der Waals surface area contributed by atoms with Crippen molar-refractivity contribution in [1.29, 1.82) is 0 Å². The minimum absolute atomic E-state index is 0. The lowest BCUT2D eigenvalue weighted by molar-refractivity contribution is -0.153. The van der Waals surface area contributed by atoms with E-state index in [0.717, 1.165) is 12.3 Å². The molecule has 2 aromatic rings. The smallest absolute Gasteiger partial charge is 0.422 e. The molecule has 1 aromatic heterocycles. The van der Waals surface area contributed by atoms with Crippen LogP contribution in [0.5, 0.6) is 11.6 Å². The second kappa shape index (κ2) is 10.9. The third-order valence-electron chi connectivity index (χ3n) is 2.65. The van der Waals surface area contributed by atoms with Crippen molar-refractivity contribution in [3.8, 4) is 11.6 Å². The molecule has 26 heavy (non-hydrogen) atoms. The third-order valence-corrected chi connectivity index (χ3v) is 3.00. The van der Waals surface area contributed by atoms with Gasteiger partial charge in [0.05, 0.1) is 6.20 Å². The van der Waals surface area contributed by atoms with Gasteiger partial charge in [0.1, 0.15) is 26.0 Å². The van der Waals surface area contributed by atoms with Crippen molar-refractivity contribution in [3.05, 3.63) is 46.9 Å². The summed E-state index contributed by atoms with van der Waals surface area (Å²) in [5.41, 5.74) is 0.278. The van der Waals surface area contributed by atoms with Gasteiger partial charge in [-0.15, -0.1) is 0 Å². The average molecular weight is 392 g/mol. The standard InChI is InChI=1S/C14H9BClF4NO2.C2H6.CH4/c15-10-4-11(16)8(3-12(10)17)6-22-13-2-1-9(5-21-13)23-7-14(18,19)20;1-2;/h1-5H,6-7H2;1-2H3;1H4. The number of nitrogens with zero attached hydrogens (tertiary/aromatic N) is 1. The van der Waals surface area contributed by atoms with Crippen molar-refractivity contribution in [2.45, 2.75) is 34.1 Å². The Labute approximate surface area is 156 Å². The van der Waals surface area contributed by atoms with Gasteiger partial charge in [0.25, 0.3) is 0 Å². The molecule has 0 saturated heterocycles. The fraction of sp³-hybridized carbons (Fsp3) is 0.353. The molecule has 0 aliphatic carbocycles. The second-order valence-corrected chi connectivity index (χ2v) is 4.90. The molecule has 0 amide bonds. The van der Waals surface area contributed by atoms with Crippen LogP contribution in [0.4, 0.5) is 17.6 Å². The summed E-state index contributed by atoms with van der Waals surface area (Å²) in [4.78, 5) is 3.79. The van der Waals surface area contributed by atoms with Gasteiger partial charge < -0.3 is 9.47 Å². The highest BCUT2D eigenvalue weighted by Crippen LogP contribution is 2.21. The molecular formula is C17H19BClF4NO2. The van der Waals surface area contributed by atoms with Gasteiger partial charge in [-0.2, -0.15) is 13.2 Å². The Balaban J connectivity index is 0.00000201. The van der Waals surface area contributed by atoms with Crippen molar-refractivity contribution in [1.82, 2.24) is 4.98 Å². The van der Waals surface area contributed by atoms with Gasteiger partial charge in [0.15, 0.2) is 6.61 Å². The lowest BCUT2D eigenvalue weighted by Crippen LogP contribution is -2.19. The van der Waals surface area contributed by atoms with E-state index in [9.17, 15) is 17.6 Å². The Morgan fingerprint density at radius 2 is 1.81 bits per heavy atom. The van der Waals surface area contributed by atoms with Crippen molar-refractivity contribution in [2.24, 2.45) is 0 Å². The first kappa shape index (κ1) is 24.0. The Bertz CT molecular complexity index is 682. The summed E-state index contributed by atoms with van der Waals surface area (Å²) < 4.78 is 59.2. The lowest BCUT2D eigenvalue weighted by atomic mass is 9.94. The molecule has 0 spiro atoms. The highest BCUT2D eigenvalue weighted by Gasteiger charge is 2.28. The van der Waals surface area contributed by atoms with Gasteiger partial charge in [-0.05, 0) is 18.2 Å². The minimum Gasteiger partial charge on any atom is -0.483 e. The Kier molecular flexibility index (Phi) is 10.1. The molecule has 0 saturated carbocycles. The highest BCUT2D eigenvalue weighted by molar-refractivity contribution is 6.36. The fourth-order valence-corrected chi connectivity index (χ4v) is 1.80. The first-order valence-electron chi connectivity index (χ1n) is 7.26. The van der Waals surface area contributed by atoms with Gasteiger partial charge >= 0.3 is 6.18 Å². The van der Waals surface area contributed by atoms with Crippen molar-refractivity contribution < 1.29 is 27.0 Å². The van der Waals surface area contributed by atoms with Crippen molar-refractivity contribution >= 4 is 24.9 Å². The van der Waals surface area contributed by atoms with Gasteiger partial charge in [0.2, 0.25) is 5.88 Å². The van der Waals surface area contributed by atoms with Gasteiger partial charge in [-0.25, -0.2) is 9.37 Å². The predicted octanol–water partition coefficient (Wildman–Crippen LogP) is 4.85. The van der Waals surface area contributed by atoms with Gasteiger partial charge in [-0.3, -0.25) is 0 Å². The molecule has 0 atom stereocenters. The maximum atomic E-state index is 13.4. The molecule has 1 heterocycles. The Hall–Kier alpha value is -1.96. The van der Waals surface area contributed by atoms with E-state index < -0.39 is 18.6 Å². The van der Waals surface area contributed by atoms with Crippen LogP contribution in [-0.4, -0.2) is 25.6 Å². The number of rotatable bonds is 5. The first-order chi connectivity index (χ1) is 11.7. The van der Waals surface area contributed by atoms with Crippen LogP contribution in [0.3, 0.4) is 0 Å². The summed E-state index contributed by atoms with van der Waals surface area (Å²) in [6.07, 6.45) is -3.34. The van der Waals surface area contributed by atoms with E-state index in [4.69, 9.17) is 24.2 Å². The van der Waals surface area contributed by atoms with Crippen LogP contribution in [0.15, 0.2) is 30.5 Å². The zero-order chi connectivity index (χ0) is 19.0. The number of hydrogen-bond acceptors (Lipinski definition) is 3. The number of pyridine rings is 1. The molecule has 0 aliphatic heterocycles. The third kappa shape index (κ3) is 7.95. The number of ether oxygens (including phenoxy) is 2. The molecule has 0 bridgehead atoms. The summed E-state index contributed by atoms with van der Waals surface area (Å²) in [5, 5.41) is 0.231. The minimum atomic E-state index is -4.43. The molecule has 1 aromatic carbocycles. The fourth-order valence-electron chi connectivity index (χ4n) is 1.57. The molecule has 0 unspecified atom stereocenters. The van der Waals surface area contributed by atoms with Crippen LogP contribution in [0, 0.1) is 5.82 Å². The van der Waals surface area contributed by atoms with Crippen LogP contribution >= 0.6 is 11.6 Å². The number of aromatic nitrogens is 1. The number of hydrogen-bond donors (Lipinski definition) is 0. The average Bonchev–Trinajstić information content (AvgIpc) is 2.57. The van der Waals surface area contributed by atoms with E-state index in [1.807, 2.05) is 13.8 Å². The van der Waals surface area contributed by atoms with E-state index in [1.54, 1.807) is 0 Å². The topological polar surface area (TPSA) is 31.4 Å². The van der Waals surface area contributed by atoms with Gasteiger partial charge in [0, 0.05) is 16.7 Å². The van der Waals surface area contributed by atoms with Gasteiger partial charge in [-0.1, -0.05) is 38.3 Å². The quantitative estimate of drug-likeness (QED) is 0.539. The molecule has 9 heteroatoms. The molecule has 0 aliphatic rings. The summed E-state index contributed by atoms with van der Waals surface area (Å²) in [5.74, 6) is -0.555. The number of halogens is 5. The predicted molar refractivity (Wildman–Crippen MR) is 95.0 cm³/mol. The van der Waals surface area contributed by atoms with Crippen LogP contribution in [-0.2, 0) is 6.61 Å². The largest absolute Gasteiger partial charge is 0.483 e. The van der Waals surface area contributed by atoms with Crippen LogP contribution in [0.2, 0.25) is 5.02 Å². The summed E-state index contributed by atoms with van der Waals surface area (Å²) in [6.45, 7) is 2.51. The summed E-state index contributed by atoms with van der Waals surface area (Å²) in [7, 11) is 5.37. The van der Waals surface area contributed by atoms with Crippen LogP contribution in [0.1, 0.15) is 26.8 Å². The molecule has 142 valence electrons. The molecule has 0 fully saturated rings. The molecule has 2 rings (SSSR count). The number of benzene rings is 1. The molecule has 3 nitrogen and oxygen atoms in total. The summed E-state index contributed by atoms with van der Waals surface area (Å²) >= 11 is 5.90. The maximum absolute atomic E-state index is 13.4. The SMILES string of the molecule is C.CC.[B]c1cc(Cl)c(COc2ccc(OCC(F)(F)F)cn2)cc1F. The molecular weight excluding hydrogens is 372 g/mol. The zero-order valence-corrected chi connectivity index (χ0v) is 14.3. The van der Waals surface area contributed by atoms with E-state index in [2.05, 4.69) is 9.72 Å². The van der Waals surface area contributed by atoms with E-state index in [1.165, 1.54) is 18.2 Å².